The molecule has 27 heavy (non-hydrogen) atoms. The van der Waals surface area contributed by atoms with Crippen LogP contribution in [-0.4, -0.2) is 61.6 Å². The van der Waals surface area contributed by atoms with Gasteiger partial charge in [-0.2, -0.15) is 5.26 Å². The predicted molar refractivity (Wildman–Crippen MR) is 107 cm³/mol. The molecule has 0 aromatic heterocycles. The summed E-state index contributed by atoms with van der Waals surface area (Å²) in [5.41, 5.74) is 0.443. The van der Waals surface area contributed by atoms with Crippen LogP contribution in [0.1, 0.15) is 39.7 Å². The van der Waals surface area contributed by atoms with Gasteiger partial charge in [0.05, 0.1) is 18.6 Å². The zero-order chi connectivity index (χ0) is 20.4. The van der Waals surface area contributed by atoms with E-state index in [4.69, 9.17) is 9.47 Å². The van der Waals surface area contributed by atoms with E-state index in [1.165, 1.54) is 0 Å². The van der Waals surface area contributed by atoms with E-state index < -0.39 is 5.60 Å². The van der Waals surface area contributed by atoms with Crippen molar-refractivity contribution < 1.29 is 14.3 Å². The molecule has 7 nitrogen and oxygen atoms in total. The fourth-order valence-corrected chi connectivity index (χ4v) is 2.18. The number of amides is 1. The number of nitrogens with zero attached hydrogens (tertiary/aromatic N) is 4. The molecule has 0 spiro atoms. The minimum Gasteiger partial charge on any atom is -0.492 e. The van der Waals surface area contributed by atoms with Crippen molar-refractivity contribution in [3.8, 4) is 11.8 Å². The van der Waals surface area contributed by atoms with E-state index >= 15 is 0 Å². The van der Waals surface area contributed by atoms with Crippen LogP contribution in [0.5, 0.6) is 5.75 Å². The Labute approximate surface area is 162 Å². The molecule has 0 radical (unpaired) electrons. The molecular weight excluding hydrogens is 344 g/mol. The van der Waals surface area contributed by atoms with Crippen molar-refractivity contribution in [1.82, 2.24) is 9.80 Å². The summed E-state index contributed by atoms with van der Waals surface area (Å²) in [5.74, 6) is 0.492. The molecule has 0 saturated carbocycles. The smallest absolute Gasteiger partial charge is 0.410 e. The molecule has 1 amide bonds. The molecule has 1 aromatic carbocycles. The van der Waals surface area contributed by atoms with E-state index in [0.717, 1.165) is 0 Å². The van der Waals surface area contributed by atoms with Crippen LogP contribution in [-0.2, 0) is 4.74 Å². The van der Waals surface area contributed by atoms with Crippen LogP contribution >= 0.6 is 0 Å². The summed E-state index contributed by atoms with van der Waals surface area (Å²) in [6.07, 6.45) is 1.94. The van der Waals surface area contributed by atoms with Crippen molar-refractivity contribution in [2.24, 2.45) is 4.99 Å². The average Bonchev–Trinajstić information content (AvgIpc) is 2.58. The predicted octanol–water partition coefficient (Wildman–Crippen LogP) is 3.81. The number of carbonyl (C=O) groups excluding carboxylic acids is 1. The van der Waals surface area contributed by atoms with Crippen molar-refractivity contribution >= 4 is 18.1 Å². The lowest BCUT2D eigenvalue weighted by Gasteiger charge is -2.26. The fraction of sp³-hybridized carbons (Fsp3) is 0.550. The summed E-state index contributed by atoms with van der Waals surface area (Å²) in [6, 6.07) is 7.47. The van der Waals surface area contributed by atoms with E-state index in [9.17, 15) is 10.1 Å². The first-order chi connectivity index (χ1) is 12.7. The van der Waals surface area contributed by atoms with Gasteiger partial charge in [0.15, 0.2) is 0 Å². The van der Waals surface area contributed by atoms with Gasteiger partial charge in [-0.3, -0.25) is 0 Å². The highest BCUT2D eigenvalue weighted by molar-refractivity contribution is 5.68. The molecule has 1 aromatic rings. The van der Waals surface area contributed by atoms with E-state index in [-0.39, 0.29) is 6.09 Å². The van der Waals surface area contributed by atoms with Crippen LogP contribution < -0.4 is 4.74 Å². The number of rotatable bonds is 8. The highest BCUT2D eigenvalue weighted by atomic mass is 16.6. The molecule has 0 aliphatic carbocycles. The van der Waals surface area contributed by atoms with Gasteiger partial charge in [0, 0.05) is 27.2 Å². The summed E-state index contributed by atoms with van der Waals surface area (Å²) < 4.78 is 11.2. The second kappa shape index (κ2) is 10.4. The highest BCUT2D eigenvalue weighted by Crippen LogP contribution is 2.27. The van der Waals surface area contributed by atoms with Gasteiger partial charge in [-0.15, -0.1) is 0 Å². The summed E-state index contributed by atoms with van der Waals surface area (Å²) in [4.78, 5) is 19.9. The Bertz CT molecular complexity index is 687. The minimum absolute atomic E-state index is 0.331. The quantitative estimate of drug-likeness (QED) is 0.393. The number of aliphatic imine (C=N–C) groups is 1. The number of ether oxygens (including phenoxy) is 2. The summed E-state index contributed by atoms with van der Waals surface area (Å²) in [5, 5.41) is 9.44. The third-order valence-corrected chi connectivity index (χ3v) is 3.41. The lowest BCUT2D eigenvalue weighted by Crippen LogP contribution is -2.37. The van der Waals surface area contributed by atoms with Crippen LogP contribution in [0.2, 0.25) is 0 Å². The molecule has 0 aliphatic heterocycles. The van der Waals surface area contributed by atoms with E-state index in [0.29, 0.717) is 43.1 Å². The summed E-state index contributed by atoms with van der Waals surface area (Å²) in [6.45, 7) is 8.91. The molecule has 1 rings (SSSR count). The zero-order valence-corrected chi connectivity index (χ0v) is 17.2. The van der Waals surface area contributed by atoms with Crippen LogP contribution in [0.25, 0.3) is 0 Å². The molecule has 7 heteroatoms. The van der Waals surface area contributed by atoms with Gasteiger partial charge < -0.3 is 19.3 Å². The number of nitriles is 1. The molecular formula is C20H30N4O3. The van der Waals surface area contributed by atoms with Crippen molar-refractivity contribution in [3.05, 3.63) is 23.8 Å². The maximum absolute atomic E-state index is 12.1. The van der Waals surface area contributed by atoms with Crippen LogP contribution in [0, 0.1) is 11.3 Å². The maximum Gasteiger partial charge on any atom is 0.410 e. The molecule has 0 fully saturated rings. The van der Waals surface area contributed by atoms with E-state index in [1.807, 2.05) is 41.8 Å². The lowest BCUT2D eigenvalue weighted by molar-refractivity contribution is 0.0252. The average molecular weight is 374 g/mol. The van der Waals surface area contributed by atoms with Crippen molar-refractivity contribution in [3.63, 3.8) is 0 Å². The second-order valence-corrected chi connectivity index (χ2v) is 7.23. The van der Waals surface area contributed by atoms with Crippen LogP contribution in [0.15, 0.2) is 23.2 Å². The monoisotopic (exact) mass is 374 g/mol. The minimum atomic E-state index is -0.518. The van der Waals surface area contributed by atoms with Gasteiger partial charge >= 0.3 is 6.09 Å². The molecule has 148 valence electrons. The van der Waals surface area contributed by atoms with Crippen LogP contribution in [0.3, 0.4) is 0 Å². The fourth-order valence-electron chi connectivity index (χ4n) is 2.18. The highest BCUT2D eigenvalue weighted by Gasteiger charge is 2.20. The number of hydrogen-bond donors (Lipinski definition) is 0. The van der Waals surface area contributed by atoms with Crippen molar-refractivity contribution in [2.75, 3.05) is 33.8 Å². The Morgan fingerprint density at radius 1 is 1.33 bits per heavy atom. The van der Waals surface area contributed by atoms with Gasteiger partial charge in [-0.1, -0.05) is 6.07 Å². The van der Waals surface area contributed by atoms with Gasteiger partial charge in [-0.05, 0) is 46.2 Å². The standard InChI is InChI=1S/C20H30N4O3/c1-7-24(19(25)27-20(2,3)4)12-9-13-26-18-11-8-10-17(16(18)14-21)22-15-23(5)6/h8,10-11,15H,7,9,12-13H2,1-6H3. The molecule has 0 N–H and O–H groups in total. The number of benzene rings is 1. The second-order valence-electron chi connectivity index (χ2n) is 7.23. The lowest BCUT2D eigenvalue weighted by atomic mass is 10.2. The van der Waals surface area contributed by atoms with Gasteiger partial charge in [0.2, 0.25) is 0 Å². The van der Waals surface area contributed by atoms with Gasteiger partial charge in [0.1, 0.15) is 23.0 Å². The number of carbonyl (C=O) groups is 1. The topological polar surface area (TPSA) is 78.2 Å². The van der Waals surface area contributed by atoms with Gasteiger partial charge in [-0.25, -0.2) is 9.79 Å². The molecule has 0 saturated heterocycles. The molecule has 0 bridgehead atoms. The maximum atomic E-state index is 12.1. The molecule has 0 atom stereocenters. The Kier molecular flexibility index (Phi) is 8.60. The molecule has 0 heterocycles. The van der Waals surface area contributed by atoms with Crippen molar-refractivity contribution in [1.29, 1.82) is 5.26 Å². The normalized spacial score (nSPS) is 11.1. The third kappa shape index (κ3) is 7.99. The van der Waals surface area contributed by atoms with E-state index in [2.05, 4.69) is 11.1 Å². The molecule has 0 aliphatic rings. The Morgan fingerprint density at radius 2 is 2.04 bits per heavy atom. The largest absolute Gasteiger partial charge is 0.492 e. The summed E-state index contributed by atoms with van der Waals surface area (Å²) >= 11 is 0. The first-order valence-electron chi connectivity index (χ1n) is 9.02. The van der Waals surface area contributed by atoms with Crippen molar-refractivity contribution in [2.45, 2.75) is 39.7 Å². The molecule has 0 unspecified atom stereocenters. The van der Waals surface area contributed by atoms with E-state index in [1.54, 1.807) is 34.3 Å². The third-order valence-electron chi connectivity index (χ3n) is 3.41. The number of hydrogen-bond acceptors (Lipinski definition) is 5. The zero-order valence-electron chi connectivity index (χ0n) is 17.2. The summed E-state index contributed by atoms with van der Waals surface area (Å²) in [7, 11) is 3.72. The SMILES string of the molecule is CCN(CCCOc1cccc(N=CN(C)C)c1C#N)C(=O)OC(C)(C)C. The first kappa shape index (κ1) is 22.3. The Morgan fingerprint density at radius 3 is 2.59 bits per heavy atom. The Balaban J connectivity index is 2.65. The van der Waals surface area contributed by atoms with Crippen LogP contribution in [0.4, 0.5) is 10.5 Å². The van der Waals surface area contributed by atoms with Gasteiger partial charge in [0.25, 0.3) is 0 Å². The Hall–Kier alpha value is -2.75. The first-order valence-corrected chi connectivity index (χ1v) is 9.02.